The van der Waals surface area contributed by atoms with Gasteiger partial charge in [-0.2, -0.15) is 4.31 Å². The number of esters is 1. The minimum absolute atomic E-state index is 0.155. The molecule has 0 saturated carbocycles. The van der Waals surface area contributed by atoms with Crippen molar-refractivity contribution in [3.8, 4) is 5.75 Å². The Morgan fingerprint density at radius 2 is 1.57 bits per heavy atom. The van der Waals surface area contributed by atoms with Gasteiger partial charge in [-0.15, -0.1) is 0 Å². The van der Waals surface area contributed by atoms with Crippen molar-refractivity contribution < 1.29 is 22.7 Å². The zero-order valence-corrected chi connectivity index (χ0v) is 17.5. The third-order valence-electron chi connectivity index (χ3n) is 4.46. The summed E-state index contributed by atoms with van der Waals surface area (Å²) in [5.41, 5.74) is 0.969. The van der Waals surface area contributed by atoms with E-state index in [1.54, 1.807) is 76.4 Å². The van der Waals surface area contributed by atoms with Gasteiger partial charge in [0.2, 0.25) is 10.0 Å². The minimum atomic E-state index is -3.84. The Hall–Kier alpha value is -2.38. The average molecular weight is 404 g/mol. The predicted molar refractivity (Wildman–Crippen MR) is 106 cm³/mol. The zero-order chi connectivity index (χ0) is 20.7. The molecule has 0 spiro atoms. The number of sulfonamides is 1. The minimum Gasteiger partial charge on any atom is -0.497 e. The van der Waals surface area contributed by atoms with Gasteiger partial charge in [0, 0.05) is 0 Å². The van der Waals surface area contributed by atoms with Crippen LogP contribution in [-0.2, 0) is 19.6 Å². The lowest BCUT2D eigenvalue weighted by Crippen LogP contribution is -2.29. The SMILES string of the molecule is COc1ccc([C@@H]2[C@@H](C(=O)OC(C)(C)C)N2S(=O)(=O)c2ccc(C)cc2)cc1. The van der Waals surface area contributed by atoms with E-state index in [0.717, 1.165) is 5.56 Å². The van der Waals surface area contributed by atoms with Crippen molar-refractivity contribution in [2.45, 2.75) is 50.3 Å². The molecule has 2 aromatic carbocycles. The number of carbonyl (C=O) groups excluding carboxylic acids is 1. The highest BCUT2D eigenvalue weighted by atomic mass is 32.2. The summed E-state index contributed by atoms with van der Waals surface area (Å²) >= 11 is 0. The third-order valence-corrected chi connectivity index (χ3v) is 6.34. The van der Waals surface area contributed by atoms with Crippen molar-refractivity contribution in [2.24, 2.45) is 0 Å². The Morgan fingerprint density at radius 1 is 1.00 bits per heavy atom. The van der Waals surface area contributed by atoms with E-state index in [-0.39, 0.29) is 4.90 Å². The Balaban J connectivity index is 1.97. The van der Waals surface area contributed by atoms with Gasteiger partial charge in [0.1, 0.15) is 17.4 Å². The molecule has 3 rings (SSSR count). The first-order valence-corrected chi connectivity index (χ1v) is 10.5. The number of benzene rings is 2. The van der Waals surface area contributed by atoms with Gasteiger partial charge in [-0.05, 0) is 57.5 Å². The number of hydrogen-bond donors (Lipinski definition) is 0. The van der Waals surface area contributed by atoms with Crippen LogP contribution in [0.1, 0.15) is 37.9 Å². The van der Waals surface area contributed by atoms with Crippen molar-refractivity contribution in [1.82, 2.24) is 4.31 Å². The molecule has 0 bridgehead atoms. The Bertz CT molecular complexity index is 959. The smallest absolute Gasteiger partial charge is 0.327 e. The zero-order valence-electron chi connectivity index (χ0n) is 16.7. The van der Waals surface area contributed by atoms with E-state index in [0.29, 0.717) is 11.3 Å². The molecular weight excluding hydrogens is 378 g/mol. The fourth-order valence-electron chi connectivity index (χ4n) is 3.07. The van der Waals surface area contributed by atoms with Crippen LogP contribution in [0.5, 0.6) is 5.75 Å². The van der Waals surface area contributed by atoms with E-state index in [1.807, 2.05) is 6.92 Å². The predicted octanol–water partition coefficient (Wildman–Crippen LogP) is 3.46. The van der Waals surface area contributed by atoms with Crippen LogP contribution in [0.3, 0.4) is 0 Å². The van der Waals surface area contributed by atoms with Gasteiger partial charge in [0.05, 0.1) is 18.0 Å². The fraction of sp³-hybridized carbons (Fsp3) is 0.381. The molecule has 2 aromatic rings. The van der Waals surface area contributed by atoms with Gasteiger partial charge in [-0.1, -0.05) is 29.8 Å². The molecule has 1 aliphatic rings. The first kappa shape index (κ1) is 20.4. The van der Waals surface area contributed by atoms with Crippen LogP contribution >= 0.6 is 0 Å². The molecule has 0 radical (unpaired) electrons. The highest BCUT2D eigenvalue weighted by Crippen LogP contribution is 2.48. The second-order valence-corrected chi connectivity index (χ2v) is 9.69. The van der Waals surface area contributed by atoms with Crippen LogP contribution in [0.2, 0.25) is 0 Å². The highest BCUT2D eigenvalue weighted by Gasteiger charge is 2.61. The fourth-order valence-corrected chi connectivity index (χ4v) is 4.77. The molecule has 0 aromatic heterocycles. The lowest BCUT2D eigenvalue weighted by Gasteiger charge is -2.19. The molecule has 3 atom stereocenters. The monoisotopic (exact) mass is 403 g/mol. The van der Waals surface area contributed by atoms with E-state index in [4.69, 9.17) is 9.47 Å². The molecular formula is C21H25NO5S. The van der Waals surface area contributed by atoms with E-state index < -0.39 is 33.7 Å². The number of methoxy groups -OCH3 is 1. The molecule has 1 fully saturated rings. The lowest BCUT2D eigenvalue weighted by atomic mass is 10.1. The van der Waals surface area contributed by atoms with Crippen LogP contribution in [0.4, 0.5) is 0 Å². The number of aryl methyl sites for hydroxylation is 1. The summed E-state index contributed by atoms with van der Waals surface area (Å²) < 4.78 is 38.2. The molecule has 1 saturated heterocycles. The number of rotatable bonds is 5. The maximum atomic E-state index is 13.2. The van der Waals surface area contributed by atoms with Gasteiger partial charge < -0.3 is 9.47 Å². The maximum Gasteiger partial charge on any atom is 0.327 e. The number of hydrogen-bond acceptors (Lipinski definition) is 5. The van der Waals surface area contributed by atoms with Crippen molar-refractivity contribution in [1.29, 1.82) is 0 Å². The molecule has 28 heavy (non-hydrogen) atoms. The van der Waals surface area contributed by atoms with Gasteiger partial charge >= 0.3 is 5.97 Å². The largest absolute Gasteiger partial charge is 0.497 e. The topological polar surface area (TPSA) is 72.7 Å². The van der Waals surface area contributed by atoms with Gasteiger partial charge in [0.25, 0.3) is 0 Å². The lowest BCUT2D eigenvalue weighted by molar-refractivity contribution is -0.154. The molecule has 1 heterocycles. The average Bonchev–Trinajstić information content (AvgIpc) is 3.37. The summed E-state index contributed by atoms with van der Waals surface area (Å²) in [6.45, 7) is 7.16. The summed E-state index contributed by atoms with van der Waals surface area (Å²) in [6, 6.07) is 12.1. The quantitative estimate of drug-likeness (QED) is 0.565. The second-order valence-electron chi connectivity index (χ2n) is 7.84. The summed E-state index contributed by atoms with van der Waals surface area (Å²) in [4.78, 5) is 12.9. The Morgan fingerprint density at radius 3 is 2.07 bits per heavy atom. The molecule has 0 amide bonds. The van der Waals surface area contributed by atoms with Gasteiger partial charge in [-0.25, -0.2) is 8.42 Å². The van der Waals surface area contributed by atoms with E-state index in [1.165, 1.54) is 4.31 Å². The van der Waals surface area contributed by atoms with Crippen LogP contribution in [-0.4, -0.2) is 37.4 Å². The van der Waals surface area contributed by atoms with Crippen molar-refractivity contribution in [3.05, 3.63) is 59.7 Å². The number of carbonyl (C=O) groups is 1. The first-order chi connectivity index (χ1) is 13.0. The van der Waals surface area contributed by atoms with Crippen LogP contribution in [0, 0.1) is 6.92 Å². The van der Waals surface area contributed by atoms with E-state index in [9.17, 15) is 13.2 Å². The molecule has 0 N–H and O–H groups in total. The van der Waals surface area contributed by atoms with Gasteiger partial charge in [0.15, 0.2) is 0 Å². The molecule has 7 heteroatoms. The second kappa shape index (κ2) is 7.22. The van der Waals surface area contributed by atoms with E-state index in [2.05, 4.69) is 0 Å². The van der Waals surface area contributed by atoms with Crippen molar-refractivity contribution in [2.75, 3.05) is 7.11 Å². The number of ether oxygens (including phenoxy) is 2. The highest BCUT2D eigenvalue weighted by molar-refractivity contribution is 7.89. The summed E-state index contributed by atoms with van der Waals surface area (Å²) in [7, 11) is -2.28. The Kier molecular flexibility index (Phi) is 5.25. The van der Waals surface area contributed by atoms with Crippen molar-refractivity contribution in [3.63, 3.8) is 0 Å². The summed E-state index contributed by atoms with van der Waals surface area (Å²) in [6.07, 6.45) is 0. The normalized spacial score (nSPS) is 21.8. The molecule has 0 aliphatic carbocycles. The first-order valence-electron chi connectivity index (χ1n) is 9.01. The van der Waals surface area contributed by atoms with Crippen molar-refractivity contribution >= 4 is 16.0 Å². The molecule has 6 nitrogen and oxygen atoms in total. The van der Waals surface area contributed by atoms with Crippen LogP contribution in [0.15, 0.2) is 53.4 Å². The van der Waals surface area contributed by atoms with Gasteiger partial charge in [-0.3, -0.25) is 4.79 Å². The number of nitrogens with zero attached hydrogens (tertiary/aromatic N) is 1. The standard InChI is InChI=1S/C21H25NO5S/c1-14-6-12-17(13-7-14)28(24,25)22-18(15-8-10-16(26-5)11-9-15)19(22)20(23)27-21(2,3)4/h6-13,18-19H,1-5H3/t18-,19+,22?/m1/s1. The Labute approximate surface area is 166 Å². The summed E-state index contributed by atoms with van der Waals surface area (Å²) in [5, 5.41) is 0. The third kappa shape index (κ3) is 4.05. The molecule has 150 valence electrons. The van der Waals surface area contributed by atoms with Crippen LogP contribution < -0.4 is 4.74 Å². The maximum absolute atomic E-state index is 13.2. The molecule has 1 aliphatic heterocycles. The van der Waals surface area contributed by atoms with E-state index >= 15 is 0 Å². The van der Waals surface area contributed by atoms with Crippen LogP contribution in [0.25, 0.3) is 0 Å². The summed E-state index contributed by atoms with van der Waals surface area (Å²) in [5.74, 6) is 0.107. The molecule has 1 unspecified atom stereocenters.